The number of carbonyl (C=O) groups is 2. The molecule has 0 aromatic heterocycles. The van der Waals surface area contributed by atoms with Gasteiger partial charge in [0, 0.05) is 60.4 Å². The fourth-order valence-electron chi connectivity index (χ4n) is 6.60. The molecule has 2 aliphatic carbocycles. The second kappa shape index (κ2) is 9.50. The van der Waals surface area contributed by atoms with Gasteiger partial charge in [-0.2, -0.15) is 5.26 Å². The van der Waals surface area contributed by atoms with Crippen LogP contribution in [0.4, 0.5) is 10.5 Å². The van der Waals surface area contributed by atoms with Gasteiger partial charge in [-0.15, -0.1) is 0 Å². The van der Waals surface area contributed by atoms with E-state index in [1.54, 1.807) is 4.90 Å². The number of carbonyl (C=O) groups excluding carboxylic acids is 2. The largest absolute Gasteiger partial charge is 0.444 e. The highest BCUT2D eigenvalue weighted by atomic mass is 79.9. The average Bonchev–Trinajstić information content (AvgIpc) is 3.31. The summed E-state index contributed by atoms with van der Waals surface area (Å²) in [6.07, 6.45) is 2.04. The van der Waals surface area contributed by atoms with Gasteiger partial charge in [0.1, 0.15) is 5.60 Å². The van der Waals surface area contributed by atoms with E-state index in [1.807, 2.05) is 45.0 Å². The van der Waals surface area contributed by atoms with Crippen molar-refractivity contribution in [3.63, 3.8) is 0 Å². The van der Waals surface area contributed by atoms with Crippen LogP contribution in [0, 0.1) is 11.3 Å². The number of piperazine rings is 1. The third-order valence-corrected chi connectivity index (χ3v) is 9.08. The maximum atomic E-state index is 14.1. The highest BCUT2D eigenvalue weighted by Crippen LogP contribution is 2.55. The molecule has 0 radical (unpaired) electrons. The van der Waals surface area contributed by atoms with Gasteiger partial charge in [-0.3, -0.25) is 4.79 Å². The van der Waals surface area contributed by atoms with Crippen LogP contribution in [0.5, 0.6) is 0 Å². The van der Waals surface area contributed by atoms with E-state index in [4.69, 9.17) is 9.47 Å². The molecular formula is C31H32BrN3O4. The van der Waals surface area contributed by atoms with E-state index in [0.29, 0.717) is 51.4 Å². The Morgan fingerprint density at radius 2 is 1.79 bits per heavy atom. The van der Waals surface area contributed by atoms with Crippen LogP contribution in [-0.2, 0) is 21.3 Å². The SMILES string of the molecule is CC(C)(C)OC(=O)N1CCN(c2cc3c(cc2Br)C(=O)C2=C(Cc4cc(C#N)ccc42)C32CCOCC2)CC1. The summed E-state index contributed by atoms with van der Waals surface area (Å²) in [4.78, 5) is 30.7. The van der Waals surface area contributed by atoms with E-state index in [9.17, 15) is 14.9 Å². The lowest BCUT2D eigenvalue weighted by Crippen LogP contribution is -2.50. The number of nitrogens with zero attached hydrogens (tertiary/aromatic N) is 3. The van der Waals surface area contributed by atoms with E-state index >= 15 is 0 Å². The Morgan fingerprint density at radius 3 is 2.46 bits per heavy atom. The van der Waals surface area contributed by atoms with Gasteiger partial charge in [0.2, 0.25) is 0 Å². The molecule has 2 aromatic carbocycles. The highest BCUT2D eigenvalue weighted by molar-refractivity contribution is 9.10. The topological polar surface area (TPSA) is 82.9 Å². The van der Waals surface area contributed by atoms with E-state index in [2.05, 4.69) is 33.0 Å². The standard InChI is InChI=1S/C31H32BrN3O4/c1-30(2,3)39-29(37)35-10-8-34(9-11-35)26-17-23-22(16-25(26)32)28(36)27-21-5-4-19(18-33)14-20(21)15-24(27)31(23)6-12-38-13-7-31/h4-5,14,16-17H,6-13,15H2,1-3H3. The van der Waals surface area contributed by atoms with Crippen molar-refractivity contribution in [1.82, 2.24) is 4.90 Å². The number of hydrogen-bond donors (Lipinski definition) is 0. The maximum absolute atomic E-state index is 14.1. The highest BCUT2D eigenvalue weighted by Gasteiger charge is 2.49. The minimum atomic E-state index is -0.524. The molecule has 0 unspecified atom stereocenters. The van der Waals surface area contributed by atoms with Crippen molar-refractivity contribution < 1.29 is 19.1 Å². The van der Waals surface area contributed by atoms with Gasteiger partial charge in [0.15, 0.2) is 5.78 Å². The molecule has 4 aliphatic rings. The van der Waals surface area contributed by atoms with Crippen LogP contribution in [0.25, 0.3) is 5.57 Å². The van der Waals surface area contributed by atoms with Crippen molar-refractivity contribution in [1.29, 1.82) is 5.26 Å². The van der Waals surface area contributed by atoms with Crippen molar-refractivity contribution in [3.8, 4) is 6.07 Å². The second-order valence-corrected chi connectivity index (χ2v) is 12.7. The zero-order valence-electron chi connectivity index (χ0n) is 22.6. The van der Waals surface area contributed by atoms with Gasteiger partial charge in [-0.1, -0.05) is 6.07 Å². The lowest BCUT2D eigenvalue weighted by atomic mass is 9.62. The summed E-state index contributed by atoms with van der Waals surface area (Å²) in [6, 6.07) is 12.1. The average molecular weight is 591 g/mol. The van der Waals surface area contributed by atoms with Gasteiger partial charge in [0.25, 0.3) is 0 Å². The van der Waals surface area contributed by atoms with Gasteiger partial charge >= 0.3 is 6.09 Å². The normalized spacial score (nSPS) is 19.9. The molecule has 2 heterocycles. The number of allylic oxidation sites excluding steroid dienone is 2. The Bertz CT molecular complexity index is 1450. The molecule has 7 nitrogen and oxygen atoms in total. The molecule has 202 valence electrons. The third-order valence-electron chi connectivity index (χ3n) is 8.44. The molecule has 2 fully saturated rings. The molecular weight excluding hydrogens is 558 g/mol. The van der Waals surface area contributed by atoms with Crippen LogP contribution >= 0.6 is 15.9 Å². The number of rotatable bonds is 1. The number of halogens is 1. The van der Waals surface area contributed by atoms with Crippen molar-refractivity contribution in [2.75, 3.05) is 44.3 Å². The fraction of sp³-hybridized carbons (Fsp3) is 0.452. The van der Waals surface area contributed by atoms with Crippen LogP contribution in [0.15, 0.2) is 40.4 Å². The smallest absolute Gasteiger partial charge is 0.410 e. The van der Waals surface area contributed by atoms with Gasteiger partial charge in [0.05, 0.1) is 17.3 Å². The molecule has 39 heavy (non-hydrogen) atoms. The number of ketones is 1. The molecule has 6 rings (SSSR count). The molecule has 8 heteroatoms. The van der Waals surface area contributed by atoms with Crippen LogP contribution in [0.1, 0.15) is 66.2 Å². The lowest BCUT2D eigenvalue weighted by Gasteiger charge is -2.44. The fourth-order valence-corrected chi connectivity index (χ4v) is 7.19. The van der Waals surface area contributed by atoms with E-state index in [-0.39, 0.29) is 17.3 Å². The summed E-state index contributed by atoms with van der Waals surface area (Å²) in [5, 5.41) is 9.46. The Hall–Kier alpha value is -3.15. The molecule has 1 spiro atoms. The Labute approximate surface area is 237 Å². The number of benzene rings is 2. The van der Waals surface area contributed by atoms with Crippen molar-refractivity contribution in [2.45, 2.75) is 51.0 Å². The first-order chi connectivity index (χ1) is 18.6. The molecule has 0 N–H and O–H groups in total. The number of amides is 1. The number of ether oxygens (including phenoxy) is 2. The van der Waals surface area contributed by atoms with Crippen molar-refractivity contribution >= 4 is 39.1 Å². The van der Waals surface area contributed by atoms with Crippen molar-refractivity contribution in [2.24, 2.45) is 0 Å². The Kier molecular flexibility index (Phi) is 6.35. The molecule has 0 atom stereocenters. The third kappa shape index (κ3) is 4.36. The first-order valence-corrected chi connectivity index (χ1v) is 14.4. The number of Topliss-reactive ketones (excluding diaryl/α,β-unsaturated/α-hetero) is 1. The zero-order valence-corrected chi connectivity index (χ0v) is 24.2. The molecule has 2 aromatic rings. The number of anilines is 1. The second-order valence-electron chi connectivity index (χ2n) is 11.8. The zero-order chi connectivity index (χ0) is 27.5. The summed E-state index contributed by atoms with van der Waals surface area (Å²) in [7, 11) is 0. The molecule has 1 amide bonds. The van der Waals surface area contributed by atoms with Gasteiger partial charge in [-0.05, 0) is 102 Å². The van der Waals surface area contributed by atoms with Gasteiger partial charge < -0.3 is 19.3 Å². The minimum absolute atomic E-state index is 0.0579. The van der Waals surface area contributed by atoms with Crippen LogP contribution in [0.3, 0.4) is 0 Å². The minimum Gasteiger partial charge on any atom is -0.444 e. The number of nitriles is 1. The van der Waals surface area contributed by atoms with E-state index < -0.39 is 5.60 Å². The number of fused-ring (bicyclic) bond motifs is 5. The summed E-state index contributed by atoms with van der Waals surface area (Å²) in [5.41, 5.74) is 6.70. The summed E-state index contributed by atoms with van der Waals surface area (Å²) >= 11 is 3.78. The van der Waals surface area contributed by atoms with E-state index in [1.165, 1.54) is 5.57 Å². The first kappa shape index (κ1) is 26.1. The quantitative estimate of drug-likeness (QED) is 0.428. The Balaban J connectivity index is 1.36. The molecule has 0 bridgehead atoms. The van der Waals surface area contributed by atoms with Crippen LogP contribution in [-0.4, -0.2) is 61.8 Å². The Morgan fingerprint density at radius 1 is 1.08 bits per heavy atom. The summed E-state index contributed by atoms with van der Waals surface area (Å²) in [5.74, 6) is 0.0579. The number of hydrogen-bond acceptors (Lipinski definition) is 6. The summed E-state index contributed by atoms with van der Waals surface area (Å²) in [6.45, 7) is 9.42. The first-order valence-electron chi connectivity index (χ1n) is 13.6. The monoisotopic (exact) mass is 589 g/mol. The maximum Gasteiger partial charge on any atom is 0.410 e. The molecule has 2 aliphatic heterocycles. The predicted octanol–water partition coefficient (Wildman–Crippen LogP) is 5.63. The summed E-state index contributed by atoms with van der Waals surface area (Å²) < 4.78 is 12.3. The molecule has 0 saturated carbocycles. The van der Waals surface area contributed by atoms with Crippen LogP contribution < -0.4 is 4.90 Å². The van der Waals surface area contributed by atoms with Crippen LogP contribution in [0.2, 0.25) is 0 Å². The van der Waals surface area contributed by atoms with Crippen molar-refractivity contribution in [3.05, 3.63) is 68.2 Å². The van der Waals surface area contributed by atoms with Gasteiger partial charge in [-0.25, -0.2) is 4.79 Å². The van der Waals surface area contributed by atoms with E-state index in [0.717, 1.165) is 50.8 Å². The lowest BCUT2D eigenvalue weighted by molar-refractivity contribution is 0.0240. The molecule has 2 saturated heterocycles. The predicted molar refractivity (Wildman–Crippen MR) is 152 cm³/mol.